The minimum atomic E-state index is -0.311. The van der Waals surface area contributed by atoms with Gasteiger partial charge in [0.1, 0.15) is 0 Å². The summed E-state index contributed by atoms with van der Waals surface area (Å²) in [6.07, 6.45) is 29.1. The second-order valence-electron chi connectivity index (χ2n) is 5.55. The van der Waals surface area contributed by atoms with Gasteiger partial charge in [-0.15, -0.1) is 0 Å². The van der Waals surface area contributed by atoms with E-state index in [1.807, 2.05) is 42.7 Å². The van der Waals surface area contributed by atoms with Gasteiger partial charge in [-0.2, -0.15) is 0 Å². The highest BCUT2D eigenvalue weighted by Crippen LogP contribution is 2.06. The van der Waals surface area contributed by atoms with Crippen LogP contribution in [0.25, 0.3) is 0 Å². The number of nitro groups is 1. The highest BCUT2D eigenvalue weighted by molar-refractivity contribution is 5.50. The quantitative estimate of drug-likeness (QED) is 0.152. The fourth-order valence-electron chi connectivity index (χ4n) is 1.98. The molecule has 4 nitrogen and oxygen atoms in total. The van der Waals surface area contributed by atoms with E-state index in [-0.39, 0.29) is 10.6 Å². The number of carbonyl (C=O) groups excluding carboxylic acids is 1. The van der Waals surface area contributed by atoms with E-state index in [1.165, 1.54) is 0 Å². The van der Waals surface area contributed by atoms with Gasteiger partial charge >= 0.3 is 0 Å². The second kappa shape index (κ2) is 18.8. The Morgan fingerprint density at radius 1 is 0.846 bits per heavy atom. The Morgan fingerprint density at radius 2 is 1.38 bits per heavy atom. The zero-order chi connectivity index (χ0) is 19.3. The summed E-state index contributed by atoms with van der Waals surface area (Å²) in [6.45, 7) is 2.07. The molecule has 0 bridgehead atoms. The maximum absolute atomic E-state index is 11.0. The normalized spacial score (nSPS) is 13.2. The molecule has 0 atom stereocenters. The smallest absolute Gasteiger partial charge is 0.246 e. The van der Waals surface area contributed by atoms with Gasteiger partial charge in [0.15, 0.2) is 6.29 Å². The fourth-order valence-corrected chi connectivity index (χ4v) is 1.98. The average Bonchev–Trinajstić information content (AvgIpc) is 2.63. The van der Waals surface area contributed by atoms with Crippen molar-refractivity contribution in [2.75, 3.05) is 0 Å². The van der Waals surface area contributed by atoms with Gasteiger partial charge in [-0.25, -0.2) is 0 Å². The average molecular weight is 356 g/mol. The maximum Gasteiger partial charge on any atom is 0.246 e. The summed E-state index contributed by atoms with van der Waals surface area (Å²) in [5.41, 5.74) is 0.235. The summed E-state index contributed by atoms with van der Waals surface area (Å²) < 4.78 is 0. The summed E-state index contributed by atoms with van der Waals surface area (Å²) in [5, 5.41) is 11.0. The van der Waals surface area contributed by atoms with Crippen LogP contribution in [0.1, 0.15) is 58.3 Å². The number of nitrogens with zero attached hydrogens (tertiary/aromatic N) is 1. The van der Waals surface area contributed by atoms with E-state index < -0.39 is 0 Å². The topological polar surface area (TPSA) is 60.2 Å². The van der Waals surface area contributed by atoms with Crippen LogP contribution in [0.3, 0.4) is 0 Å². The largest absolute Gasteiger partial charge is 0.291 e. The molecule has 0 aliphatic carbocycles. The van der Waals surface area contributed by atoms with Crippen LogP contribution in [-0.2, 0) is 4.79 Å². The number of hydrogen-bond donors (Lipinski definition) is 0. The standard InChI is InChI=1S/C22H30NO3/c1-2-3-4-5-13-16-19-22(23(25)26)20-17-14-11-9-7-6-8-10-12-15-18-21-24/h3-4,6-7,10-14,16,20H,2,5,8-9,15,17-19H2,1H3/b4-3-,7-6-,12-10-,14-11-,16-13-,22-20+. The number of allylic oxidation sites excluding steroid dienone is 11. The lowest BCUT2D eigenvalue weighted by atomic mass is 10.2. The van der Waals surface area contributed by atoms with Gasteiger partial charge in [-0.3, -0.25) is 14.9 Å². The Kier molecular flexibility index (Phi) is 17.0. The van der Waals surface area contributed by atoms with Gasteiger partial charge < -0.3 is 0 Å². The van der Waals surface area contributed by atoms with Crippen molar-refractivity contribution in [2.45, 2.75) is 58.3 Å². The Labute approximate surface area is 157 Å². The highest BCUT2D eigenvalue weighted by Gasteiger charge is 2.06. The Morgan fingerprint density at radius 3 is 1.96 bits per heavy atom. The third-order valence-corrected chi connectivity index (χ3v) is 3.35. The lowest BCUT2D eigenvalue weighted by Gasteiger charge is -1.93. The molecular weight excluding hydrogens is 326 g/mol. The van der Waals surface area contributed by atoms with E-state index in [1.54, 1.807) is 6.08 Å². The van der Waals surface area contributed by atoms with E-state index in [4.69, 9.17) is 0 Å². The Hall–Kier alpha value is -2.49. The molecule has 0 rings (SSSR count). The van der Waals surface area contributed by atoms with Gasteiger partial charge in [0.05, 0.1) is 11.3 Å². The van der Waals surface area contributed by atoms with Crippen LogP contribution < -0.4 is 0 Å². The van der Waals surface area contributed by atoms with Crippen LogP contribution in [-0.4, -0.2) is 11.2 Å². The number of unbranched alkanes of at least 4 members (excludes halogenated alkanes) is 1. The van der Waals surface area contributed by atoms with Crippen molar-refractivity contribution in [3.63, 3.8) is 0 Å². The molecule has 0 aromatic heterocycles. The lowest BCUT2D eigenvalue weighted by molar-refractivity contribution is -0.427. The SMILES string of the molecule is CC/C=C\C/C=C\C/C(=C\C/C=C\C/C=C\C/C=C\CC[C]=O)[N+](=O)[O-]. The molecule has 0 aromatic rings. The van der Waals surface area contributed by atoms with Gasteiger partial charge in [0.2, 0.25) is 5.70 Å². The van der Waals surface area contributed by atoms with E-state index in [0.717, 1.165) is 32.1 Å². The molecule has 0 spiro atoms. The van der Waals surface area contributed by atoms with E-state index >= 15 is 0 Å². The van der Waals surface area contributed by atoms with Crippen molar-refractivity contribution in [1.29, 1.82) is 0 Å². The molecule has 26 heavy (non-hydrogen) atoms. The van der Waals surface area contributed by atoms with E-state index in [9.17, 15) is 14.9 Å². The van der Waals surface area contributed by atoms with Crippen LogP contribution in [0.4, 0.5) is 0 Å². The number of rotatable bonds is 15. The third-order valence-electron chi connectivity index (χ3n) is 3.35. The van der Waals surface area contributed by atoms with Crippen LogP contribution in [0.2, 0.25) is 0 Å². The molecule has 0 saturated heterocycles. The minimum absolute atomic E-state index is 0.235. The summed E-state index contributed by atoms with van der Waals surface area (Å²) in [6, 6.07) is 0. The van der Waals surface area contributed by atoms with Crippen LogP contribution in [0, 0.1) is 10.1 Å². The van der Waals surface area contributed by atoms with Crippen molar-refractivity contribution in [3.8, 4) is 0 Å². The van der Waals surface area contributed by atoms with Crippen LogP contribution in [0.15, 0.2) is 72.5 Å². The first-order valence-corrected chi connectivity index (χ1v) is 9.15. The lowest BCUT2D eigenvalue weighted by Crippen LogP contribution is -1.97. The van der Waals surface area contributed by atoms with E-state index in [0.29, 0.717) is 19.3 Å². The molecule has 0 saturated carbocycles. The van der Waals surface area contributed by atoms with Crippen molar-refractivity contribution in [2.24, 2.45) is 0 Å². The molecule has 1 radical (unpaired) electrons. The first kappa shape index (κ1) is 23.5. The van der Waals surface area contributed by atoms with Crippen LogP contribution in [0.5, 0.6) is 0 Å². The van der Waals surface area contributed by atoms with Crippen molar-refractivity contribution >= 4 is 6.29 Å². The van der Waals surface area contributed by atoms with E-state index in [2.05, 4.69) is 31.2 Å². The highest BCUT2D eigenvalue weighted by atomic mass is 16.6. The second-order valence-corrected chi connectivity index (χ2v) is 5.55. The summed E-state index contributed by atoms with van der Waals surface area (Å²) >= 11 is 0. The third kappa shape index (κ3) is 16.4. The first-order valence-electron chi connectivity index (χ1n) is 9.15. The fraction of sp³-hybridized carbons (Fsp3) is 0.409. The summed E-state index contributed by atoms with van der Waals surface area (Å²) in [7, 11) is 0. The molecule has 0 aromatic carbocycles. The minimum Gasteiger partial charge on any atom is -0.291 e. The molecule has 0 N–H and O–H groups in total. The maximum atomic E-state index is 11.0. The summed E-state index contributed by atoms with van der Waals surface area (Å²) in [4.78, 5) is 20.7. The summed E-state index contributed by atoms with van der Waals surface area (Å²) in [5.74, 6) is 0. The Bertz CT molecular complexity index is 552. The predicted octanol–water partition coefficient (Wildman–Crippen LogP) is 6.18. The molecular formula is C22H30NO3. The molecule has 0 amide bonds. The predicted molar refractivity (Wildman–Crippen MR) is 109 cm³/mol. The molecule has 0 aliphatic rings. The molecule has 0 fully saturated rings. The molecule has 0 unspecified atom stereocenters. The van der Waals surface area contributed by atoms with Gasteiger partial charge in [0.25, 0.3) is 0 Å². The van der Waals surface area contributed by atoms with Crippen molar-refractivity contribution in [1.82, 2.24) is 0 Å². The monoisotopic (exact) mass is 356 g/mol. The number of hydrogen-bond acceptors (Lipinski definition) is 3. The Balaban J connectivity index is 4.05. The molecule has 4 heteroatoms. The van der Waals surface area contributed by atoms with Crippen molar-refractivity contribution < 1.29 is 9.72 Å². The molecule has 0 heterocycles. The van der Waals surface area contributed by atoms with Crippen molar-refractivity contribution in [3.05, 3.63) is 82.6 Å². The van der Waals surface area contributed by atoms with Gasteiger partial charge in [-0.05, 0) is 44.6 Å². The zero-order valence-electron chi connectivity index (χ0n) is 15.7. The van der Waals surface area contributed by atoms with Crippen LogP contribution >= 0.6 is 0 Å². The molecule has 141 valence electrons. The van der Waals surface area contributed by atoms with Gasteiger partial charge in [0, 0.05) is 6.42 Å². The van der Waals surface area contributed by atoms with Gasteiger partial charge in [-0.1, -0.05) is 67.7 Å². The zero-order valence-corrected chi connectivity index (χ0v) is 15.7. The first-order chi connectivity index (χ1) is 12.7. The molecule has 0 aliphatic heterocycles.